The number of hydrogen-bond acceptors (Lipinski definition) is 6. The molecule has 6 nitrogen and oxygen atoms in total. The van der Waals surface area contributed by atoms with Gasteiger partial charge in [0.25, 0.3) is 5.91 Å². The normalized spacial score (nSPS) is 13.9. The van der Waals surface area contributed by atoms with Crippen molar-refractivity contribution in [2.24, 2.45) is 0 Å². The van der Waals surface area contributed by atoms with Gasteiger partial charge < -0.3 is 14.8 Å². The molecule has 154 valence electrons. The molecule has 1 aromatic heterocycles. The van der Waals surface area contributed by atoms with E-state index in [1.54, 1.807) is 19.1 Å². The van der Waals surface area contributed by atoms with Crippen LogP contribution in [0.2, 0.25) is 0 Å². The van der Waals surface area contributed by atoms with Crippen molar-refractivity contribution in [1.82, 2.24) is 0 Å². The van der Waals surface area contributed by atoms with Gasteiger partial charge in [0.1, 0.15) is 5.00 Å². The molecular formula is C22H25NO5S. The number of anilines is 1. The molecule has 3 rings (SSSR count). The van der Waals surface area contributed by atoms with Crippen LogP contribution >= 0.6 is 11.3 Å². The topological polar surface area (TPSA) is 81.7 Å². The number of ether oxygens (including phenoxy) is 2. The number of thiophene rings is 1. The molecule has 1 aliphatic carbocycles. The molecule has 1 heterocycles. The van der Waals surface area contributed by atoms with Crippen LogP contribution in [0.1, 0.15) is 63.4 Å². The predicted molar refractivity (Wildman–Crippen MR) is 112 cm³/mol. The number of rotatable bonds is 6. The van der Waals surface area contributed by atoms with E-state index < -0.39 is 23.9 Å². The monoisotopic (exact) mass is 415 g/mol. The van der Waals surface area contributed by atoms with Gasteiger partial charge in [-0.25, -0.2) is 9.59 Å². The van der Waals surface area contributed by atoms with Gasteiger partial charge in [-0.15, -0.1) is 11.3 Å². The first-order valence-electron chi connectivity index (χ1n) is 9.81. The Morgan fingerprint density at radius 3 is 2.59 bits per heavy atom. The quantitative estimate of drug-likeness (QED) is 0.712. The molecule has 0 spiro atoms. The molecule has 1 amide bonds. The minimum Gasteiger partial charge on any atom is -0.462 e. The van der Waals surface area contributed by atoms with E-state index in [9.17, 15) is 14.4 Å². The summed E-state index contributed by atoms with van der Waals surface area (Å²) in [4.78, 5) is 38.7. The van der Waals surface area contributed by atoms with Gasteiger partial charge in [-0.05, 0) is 63.6 Å². The lowest BCUT2D eigenvalue weighted by Gasteiger charge is -2.15. The van der Waals surface area contributed by atoms with E-state index >= 15 is 0 Å². The number of carbonyl (C=O) groups excluding carboxylic acids is 3. The van der Waals surface area contributed by atoms with Crippen LogP contribution < -0.4 is 5.32 Å². The highest BCUT2D eigenvalue weighted by molar-refractivity contribution is 7.17. The SMILES string of the molecule is CCOC(=O)c1c(NC(=O)[C@@H](C)OC(=O)c2ccccc2C)sc2c1CCCC2. The van der Waals surface area contributed by atoms with Crippen LogP contribution in [0, 0.1) is 6.92 Å². The van der Waals surface area contributed by atoms with E-state index in [1.807, 2.05) is 19.1 Å². The first-order chi connectivity index (χ1) is 13.9. The number of fused-ring (bicyclic) bond motifs is 1. The highest BCUT2D eigenvalue weighted by atomic mass is 32.1. The molecule has 1 atom stereocenters. The zero-order valence-corrected chi connectivity index (χ0v) is 17.7. The van der Waals surface area contributed by atoms with Crippen molar-refractivity contribution in [2.45, 2.75) is 52.6 Å². The van der Waals surface area contributed by atoms with Gasteiger partial charge in [0.05, 0.1) is 17.7 Å². The average Bonchev–Trinajstić information content (AvgIpc) is 3.06. The Kier molecular flexibility index (Phi) is 6.69. The number of benzene rings is 1. The van der Waals surface area contributed by atoms with Crippen LogP contribution in [-0.4, -0.2) is 30.6 Å². The third kappa shape index (κ3) is 4.67. The summed E-state index contributed by atoms with van der Waals surface area (Å²) in [7, 11) is 0. The number of hydrogen-bond donors (Lipinski definition) is 1. The summed E-state index contributed by atoms with van der Waals surface area (Å²) in [5, 5.41) is 3.25. The lowest BCUT2D eigenvalue weighted by atomic mass is 9.95. The minimum absolute atomic E-state index is 0.265. The molecule has 2 aromatic rings. The fourth-order valence-electron chi connectivity index (χ4n) is 3.37. The zero-order valence-electron chi connectivity index (χ0n) is 16.9. The Labute approximate surface area is 174 Å². The minimum atomic E-state index is -1.00. The molecule has 0 unspecified atom stereocenters. The van der Waals surface area contributed by atoms with E-state index in [-0.39, 0.29) is 6.61 Å². The van der Waals surface area contributed by atoms with Crippen molar-refractivity contribution < 1.29 is 23.9 Å². The van der Waals surface area contributed by atoms with E-state index in [2.05, 4.69) is 5.32 Å². The van der Waals surface area contributed by atoms with Crippen LogP contribution in [0.5, 0.6) is 0 Å². The van der Waals surface area contributed by atoms with Gasteiger partial charge in [-0.3, -0.25) is 4.79 Å². The van der Waals surface area contributed by atoms with Crippen LogP contribution in [0.4, 0.5) is 5.00 Å². The van der Waals surface area contributed by atoms with Crippen molar-refractivity contribution >= 4 is 34.2 Å². The molecule has 0 radical (unpaired) electrons. The van der Waals surface area contributed by atoms with Crippen LogP contribution in [-0.2, 0) is 27.1 Å². The van der Waals surface area contributed by atoms with Crippen molar-refractivity contribution in [3.8, 4) is 0 Å². The standard InChI is InChI=1S/C22H25NO5S/c1-4-27-22(26)18-16-11-7-8-12-17(16)29-20(18)23-19(24)14(3)28-21(25)15-10-6-5-9-13(15)2/h5-6,9-10,14H,4,7-8,11-12H2,1-3H3,(H,23,24)/t14-/m1/s1. The third-order valence-electron chi connectivity index (χ3n) is 4.91. The first kappa shape index (κ1) is 21.0. The molecule has 0 saturated carbocycles. The summed E-state index contributed by atoms with van der Waals surface area (Å²) in [6, 6.07) is 7.05. The maximum Gasteiger partial charge on any atom is 0.341 e. The summed E-state index contributed by atoms with van der Waals surface area (Å²) >= 11 is 1.41. The van der Waals surface area contributed by atoms with Gasteiger partial charge in [-0.1, -0.05) is 18.2 Å². The lowest BCUT2D eigenvalue weighted by Crippen LogP contribution is -2.30. The van der Waals surface area contributed by atoms with Crippen LogP contribution in [0.25, 0.3) is 0 Å². The number of amides is 1. The van der Waals surface area contributed by atoms with Crippen molar-refractivity contribution in [1.29, 1.82) is 0 Å². The van der Waals surface area contributed by atoms with Crippen molar-refractivity contribution in [3.05, 3.63) is 51.4 Å². The summed E-state index contributed by atoms with van der Waals surface area (Å²) in [5.41, 5.74) is 2.61. The Morgan fingerprint density at radius 1 is 1.14 bits per heavy atom. The maximum absolute atomic E-state index is 12.7. The Hall–Kier alpha value is -2.67. The Bertz CT molecular complexity index is 933. The first-order valence-corrected chi connectivity index (χ1v) is 10.6. The zero-order chi connectivity index (χ0) is 21.0. The molecule has 0 aliphatic heterocycles. The van der Waals surface area contributed by atoms with Gasteiger partial charge in [-0.2, -0.15) is 0 Å². The van der Waals surface area contributed by atoms with E-state index in [1.165, 1.54) is 18.3 Å². The number of aryl methyl sites for hydroxylation is 2. The van der Waals surface area contributed by atoms with E-state index in [4.69, 9.17) is 9.47 Å². The Morgan fingerprint density at radius 2 is 1.86 bits per heavy atom. The molecule has 0 saturated heterocycles. The molecule has 0 fully saturated rings. The summed E-state index contributed by atoms with van der Waals surface area (Å²) in [6.07, 6.45) is 2.76. The fraction of sp³-hybridized carbons (Fsp3) is 0.409. The van der Waals surface area contributed by atoms with E-state index in [0.717, 1.165) is 41.7 Å². The fourth-order valence-corrected chi connectivity index (χ4v) is 4.65. The number of esters is 2. The smallest absolute Gasteiger partial charge is 0.341 e. The van der Waals surface area contributed by atoms with Gasteiger partial charge in [0.2, 0.25) is 0 Å². The van der Waals surface area contributed by atoms with Crippen LogP contribution in [0.15, 0.2) is 24.3 Å². The number of carbonyl (C=O) groups is 3. The second-order valence-electron chi connectivity index (χ2n) is 6.99. The lowest BCUT2D eigenvalue weighted by molar-refractivity contribution is -0.123. The second kappa shape index (κ2) is 9.22. The predicted octanol–water partition coefficient (Wildman–Crippen LogP) is 4.30. The molecule has 1 aromatic carbocycles. The van der Waals surface area contributed by atoms with Gasteiger partial charge in [0.15, 0.2) is 6.10 Å². The highest BCUT2D eigenvalue weighted by Gasteiger charge is 2.29. The summed E-state index contributed by atoms with van der Waals surface area (Å²) in [6.45, 7) is 5.34. The van der Waals surface area contributed by atoms with Crippen LogP contribution in [0.3, 0.4) is 0 Å². The number of nitrogens with one attached hydrogen (secondary N) is 1. The molecule has 29 heavy (non-hydrogen) atoms. The maximum atomic E-state index is 12.7. The molecule has 0 bridgehead atoms. The molecule has 7 heteroatoms. The highest BCUT2D eigenvalue weighted by Crippen LogP contribution is 2.38. The van der Waals surface area contributed by atoms with Crippen molar-refractivity contribution in [2.75, 3.05) is 11.9 Å². The van der Waals surface area contributed by atoms with E-state index in [0.29, 0.717) is 16.1 Å². The third-order valence-corrected chi connectivity index (χ3v) is 6.11. The molecule has 1 N–H and O–H groups in total. The Balaban J connectivity index is 1.76. The van der Waals surface area contributed by atoms with Crippen molar-refractivity contribution in [3.63, 3.8) is 0 Å². The second-order valence-corrected chi connectivity index (χ2v) is 8.09. The average molecular weight is 416 g/mol. The largest absolute Gasteiger partial charge is 0.462 e. The summed E-state index contributed by atoms with van der Waals surface area (Å²) < 4.78 is 10.5. The molecule has 1 aliphatic rings. The van der Waals surface area contributed by atoms with Gasteiger partial charge in [0, 0.05) is 4.88 Å². The molecular weight excluding hydrogens is 390 g/mol. The summed E-state index contributed by atoms with van der Waals surface area (Å²) in [5.74, 6) is -1.45. The van der Waals surface area contributed by atoms with Gasteiger partial charge >= 0.3 is 11.9 Å².